The second-order valence-electron chi connectivity index (χ2n) is 6.04. The fourth-order valence-corrected chi connectivity index (χ4v) is 2.78. The summed E-state index contributed by atoms with van der Waals surface area (Å²) in [7, 11) is 0. The van der Waals surface area contributed by atoms with Gasteiger partial charge in [0, 0.05) is 40.8 Å². The molecular weight excluding hydrogens is 362 g/mol. The molecule has 0 saturated heterocycles. The maximum absolute atomic E-state index is 12.5. The van der Waals surface area contributed by atoms with E-state index in [1.807, 2.05) is 19.1 Å². The molecule has 3 aromatic rings. The predicted molar refractivity (Wildman–Crippen MR) is 106 cm³/mol. The second-order valence-corrected chi connectivity index (χ2v) is 6.47. The van der Waals surface area contributed by atoms with E-state index in [1.165, 1.54) is 0 Å². The maximum atomic E-state index is 12.5. The standard InChI is InChI=1S/C21H18ClN3O2/c1-14-10-18(22)7-8-19(14)25-21(27)17-6-2-5-16(11-17)20(26)24-13-15-4-3-9-23-12-15/h2-12H,13H2,1H3,(H,24,26)(H,25,27). The molecule has 0 aliphatic rings. The average Bonchev–Trinajstić information content (AvgIpc) is 2.69. The van der Waals surface area contributed by atoms with E-state index in [2.05, 4.69) is 15.6 Å². The van der Waals surface area contributed by atoms with Gasteiger partial charge in [0.1, 0.15) is 0 Å². The summed E-state index contributed by atoms with van der Waals surface area (Å²) in [6.07, 6.45) is 3.37. The van der Waals surface area contributed by atoms with Gasteiger partial charge >= 0.3 is 0 Å². The number of aryl methyl sites for hydroxylation is 1. The Kier molecular flexibility index (Phi) is 5.84. The third-order valence-corrected chi connectivity index (χ3v) is 4.23. The quantitative estimate of drug-likeness (QED) is 0.697. The second kappa shape index (κ2) is 8.47. The first kappa shape index (κ1) is 18.6. The summed E-state index contributed by atoms with van der Waals surface area (Å²) in [4.78, 5) is 28.9. The number of carbonyl (C=O) groups is 2. The zero-order valence-electron chi connectivity index (χ0n) is 14.7. The van der Waals surface area contributed by atoms with E-state index >= 15 is 0 Å². The van der Waals surface area contributed by atoms with Crippen molar-refractivity contribution >= 4 is 29.1 Å². The molecule has 0 aliphatic heterocycles. The van der Waals surface area contributed by atoms with Crippen molar-refractivity contribution in [2.45, 2.75) is 13.5 Å². The number of nitrogens with one attached hydrogen (secondary N) is 2. The van der Waals surface area contributed by atoms with Crippen LogP contribution < -0.4 is 10.6 Å². The van der Waals surface area contributed by atoms with Gasteiger partial charge in [-0.05, 0) is 60.5 Å². The van der Waals surface area contributed by atoms with Crippen LogP contribution in [0.25, 0.3) is 0 Å². The molecule has 5 nitrogen and oxygen atoms in total. The largest absolute Gasteiger partial charge is 0.348 e. The third kappa shape index (κ3) is 4.92. The molecule has 27 heavy (non-hydrogen) atoms. The minimum absolute atomic E-state index is 0.254. The zero-order chi connectivity index (χ0) is 19.2. The van der Waals surface area contributed by atoms with Crippen molar-refractivity contribution in [3.05, 3.63) is 94.3 Å². The number of nitrogens with zero attached hydrogens (tertiary/aromatic N) is 1. The Morgan fingerprint density at radius 1 is 1.00 bits per heavy atom. The van der Waals surface area contributed by atoms with Gasteiger partial charge in [-0.25, -0.2) is 0 Å². The first-order valence-corrected chi connectivity index (χ1v) is 8.75. The Morgan fingerprint density at radius 2 is 1.78 bits per heavy atom. The number of hydrogen-bond donors (Lipinski definition) is 2. The van der Waals surface area contributed by atoms with E-state index in [0.29, 0.717) is 28.4 Å². The number of rotatable bonds is 5. The molecule has 0 radical (unpaired) electrons. The predicted octanol–water partition coefficient (Wildman–Crippen LogP) is 4.23. The van der Waals surface area contributed by atoms with Gasteiger partial charge in [-0.3, -0.25) is 14.6 Å². The molecule has 0 unspecified atom stereocenters. The van der Waals surface area contributed by atoms with Gasteiger partial charge in [0.2, 0.25) is 0 Å². The summed E-state index contributed by atoms with van der Waals surface area (Å²) in [5, 5.41) is 6.27. The van der Waals surface area contributed by atoms with E-state index in [4.69, 9.17) is 11.6 Å². The summed E-state index contributed by atoms with van der Waals surface area (Å²) < 4.78 is 0. The lowest BCUT2D eigenvalue weighted by atomic mass is 10.1. The minimum Gasteiger partial charge on any atom is -0.348 e. The van der Waals surface area contributed by atoms with Crippen LogP contribution in [0.2, 0.25) is 5.02 Å². The maximum Gasteiger partial charge on any atom is 0.255 e. The highest BCUT2D eigenvalue weighted by Crippen LogP contribution is 2.20. The molecule has 2 N–H and O–H groups in total. The topological polar surface area (TPSA) is 71.1 Å². The summed E-state index contributed by atoms with van der Waals surface area (Å²) in [6, 6.07) is 15.5. The number of amides is 2. The smallest absolute Gasteiger partial charge is 0.255 e. The number of halogens is 1. The number of hydrogen-bond acceptors (Lipinski definition) is 3. The highest BCUT2D eigenvalue weighted by molar-refractivity contribution is 6.30. The van der Waals surface area contributed by atoms with Gasteiger partial charge in [-0.1, -0.05) is 23.7 Å². The van der Waals surface area contributed by atoms with Crippen LogP contribution in [-0.4, -0.2) is 16.8 Å². The SMILES string of the molecule is Cc1cc(Cl)ccc1NC(=O)c1cccc(C(=O)NCc2cccnc2)c1. The Bertz CT molecular complexity index is 974. The van der Waals surface area contributed by atoms with Crippen LogP contribution in [0.3, 0.4) is 0 Å². The lowest BCUT2D eigenvalue weighted by Crippen LogP contribution is -2.23. The van der Waals surface area contributed by atoms with Crippen LogP contribution in [0.15, 0.2) is 67.0 Å². The van der Waals surface area contributed by atoms with Crippen molar-refractivity contribution in [3.63, 3.8) is 0 Å². The molecule has 0 aliphatic carbocycles. The van der Waals surface area contributed by atoms with Crippen molar-refractivity contribution in [2.75, 3.05) is 5.32 Å². The molecule has 1 heterocycles. The zero-order valence-corrected chi connectivity index (χ0v) is 15.5. The van der Waals surface area contributed by atoms with Gasteiger partial charge in [0.15, 0.2) is 0 Å². The van der Waals surface area contributed by atoms with E-state index < -0.39 is 0 Å². The van der Waals surface area contributed by atoms with Crippen LogP contribution in [0, 0.1) is 6.92 Å². The van der Waals surface area contributed by atoms with Crippen LogP contribution in [0.1, 0.15) is 31.8 Å². The Hall–Kier alpha value is -3.18. The van der Waals surface area contributed by atoms with Crippen LogP contribution in [-0.2, 0) is 6.54 Å². The third-order valence-electron chi connectivity index (χ3n) is 4.00. The Labute approximate surface area is 162 Å². The van der Waals surface area contributed by atoms with Gasteiger partial charge in [-0.15, -0.1) is 0 Å². The molecule has 0 fully saturated rings. The first-order valence-electron chi connectivity index (χ1n) is 8.37. The van der Waals surface area contributed by atoms with Gasteiger partial charge in [-0.2, -0.15) is 0 Å². The minimum atomic E-state index is -0.290. The molecule has 3 rings (SSSR count). The number of carbonyl (C=O) groups excluding carboxylic acids is 2. The van der Waals surface area contributed by atoms with Crippen molar-refractivity contribution in [3.8, 4) is 0 Å². The Morgan fingerprint density at radius 3 is 2.48 bits per heavy atom. The summed E-state index contributed by atoms with van der Waals surface area (Å²) in [6.45, 7) is 2.23. The van der Waals surface area contributed by atoms with E-state index in [-0.39, 0.29) is 11.8 Å². The van der Waals surface area contributed by atoms with Crippen molar-refractivity contribution < 1.29 is 9.59 Å². The number of anilines is 1. The molecule has 0 spiro atoms. The number of benzene rings is 2. The lowest BCUT2D eigenvalue weighted by Gasteiger charge is -2.10. The summed E-state index contributed by atoms with van der Waals surface area (Å²) in [5.41, 5.74) is 3.26. The van der Waals surface area contributed by atoms with Gasteiger partial charge < -0.3 is 10.6 Å². The molecular formula is C21H18ClN3O2. The van der Waals surface area contributed by atoms with E-state index in [1.54, 1.807) is 54.9 Å². The fourth-order valence-electron chi connectivity index (χ4n) is 2.55. The Balaban J connectivity index is 1.68. The molecule has 1 aromatic heterocycles. The molecule has 0 atom stereocenters. The molecule has 6 heteroatoms. The summed E-state index contributed by atoms with van der Waals surface area (Å²) >= 11 is 5.94. The van der Waals surface area contributed by atoms with Gasteiger partial charge in [0.05, 0.1) is 0 Å². The number of pyridine rings is 1. The van der Waals surface area contributed by atoms with Crippen molar-refractivity contribution in [1.82, 2.24) is 10.3 Å². The van der Waals surface area contributed by atoms with E-state index in [0.717, 1.165) is 11.1 Å². The van der Waals surface area contributed by atoms with Gasteiger partial charge in [0.25, 0.3) is 11.8 Å². The van der Waals surface area contributed by atoms with Crippen molar-refractivity contribution in [2.24, 2.45) is 0 Å². The fraction of sp³-hybridized carbons (Fsp3) is 0.0952. The lowest BCUT2D eigenvalue weighted by molar-refractivity contribution is 0.0951. The average molecular weight is 380 g/mol. The molecule has 0 saturated carbocycles. The van der Waals surface area contributed by atoms with Crippen LogP contribution >= 0.6 is 11.6 Å². The highest BCUT2D eigenvalue weighted by Gasteiger charge is 2.12. The monoisotopic (exact) mass is 379 g/mol. The molecule has 136 valence electrons. The summed E-state index contributed by atoms with van der Waals surface area (Å²) in [5.74, 6) is -0.543. The van der Waals surface area contributed by atoms with Crippen LogP contribution in [0.4, 0.5) is 5.69 Å². The molecule has 2 aromatic carbocycles. The first-order chi connectivity index (χ1) is 13.0. The normalized spacial score (nSPS) is 10.3. The molecule has 2 amide bonds. The van der Waals surface area contributed by atoms with Crippen LogP contribution in [0.5, 0.6) is 0 Å². The highest BCUT2D eigenvalue weighted by atomic mass is 35.5. The van der Waals surface area contributed by atoms with Crippen molar-refractivity contribution in [1.29, 1.82) is 0 Å². The van der Waals surface area contributed by atoms with E-state index in [9.17, 15) is 9.59 Å². The molecule has 0 bridgehead atoms. The number of aromatic nitrogens is 1.